The lowest BCUT2D eigenvalue weighted by Crippen LogP contribution is -2.56. The molecule has 2 rings (SSSR count). The summed E-state index contributed by atoms with van der Waals surface area (Å²) < 4.78 is 0. The number of piperidine rings is 1. The third-order valence-corrected chi connectivity index (χ3v) is 3.70. The molecule has 0 bridgehead atoms. The zero-order valence-electron chi connectivity index (χ0n) is 11.2. The van der Waals surface area contributed by atoms with Gasteiger partial charge < -0.3 is 15.5 Å². The fourth-order valence-electron chi connectivity index (χ4n) is 2.32. The Hall–Kier alpha value is -1.47. The van der Waals surface area contributed by atoms with Gasteiger partial charge in [-0.1, -0.05) is 0 Å². The summed E-state index contributed by atoms with van der Waals surface area (Å²) >= 11 is 0. The first-order valence-electron chi connectivity index (χ1n) is 6.55. The molecule has 7 heteroatoms. The quantitative estimate of drug-likeness (QED) is 0.599. The van der Waals surface area contributed by atoms with E-state index in [1.54, 1.807) is 4.90 Å². The summed E-state index contributed by atoms with van der Waals surface area (Å²) in [5.41, 5.74) is 5.63. The number of amides is 3. The number of likely N-dealkylation sites (N-methyl/N-ethyl adjacent to an activating group) is 1. The number of hydrogen-bond acceptors (Lipinski definition) is 5. The normalized spacial score (nSPS) is 25.9. The van der Waals surface area contributed by atoms with Crippen molar-refractivity contribution in [2.24, 2.45) is 5.73 Å². The van der Waals surface area contributed by atoms with Crippen LogP contribution in [0.1, 0.15) is 12.8 Å². The fourth-order valence-corrected chi connectivity index (χ4v) is 2.32. The van der Waals surface area contributed by atoms with E-state index in [4.69, 9.17) is 5.73 Å². The van der Waals surface area contributed by atoms with Crippen LogP contribution in [0.4, 0.5) is 0 Å². The molecule has 0 aliphatic carbocycles. The minimum atomic E-state index is -0.655. The summed E-state index contributed by atoms with van der Waals surface area (Å²) in [7, 11) is 2.00. The lowest BCUT2D eigenvalue weighted by atomic mass is 10.1. The Morgan fingerprint density at radius 2 is 1.89 bits per heavy atom. The van der Waals surface area contributed by atoms with Crippen LogP contribution in [0.25, 0.3) is 0 Å². The van der Waals surface area contributed by atoms with E-state index < -0.39 is 11.9 Å². The van der Waals surface area contributed by atoms with Gasteiger partial charge in [-0.15, -0.1) is 0 Å². The van der Waals surface area contributed by atoms with E-state index in [1.807, 2.05) is 7.05 Å². The van der Waals surface area contributed by atoms with E-state index in [2.05, 4.69) is 4.90 Å². The highest BCUT2D eigenvalue weighted by Gasteiger charge is 2.34. The van der Waals surface area contributed by atoms with Crippen molar-refractivity contribution < 1.29 is 14.4 Å². The molecule has 2 aliphatic rings. The molecule has 0 radical (unpaired) electrons. The summed E-state index contributed by atoms with van der Waals surface area (Å²) in [6.45, 7) is 2.73. The maximum atomic E-state index is 12.1. The lowest BCUT2D eigenvalue weighted by molar-refractivity contribution is -0.154. The van der Waals surface area contributed by atoms with Crippen molar-refractivity contribution in [3.05, 3.63) is 0 Å². The molecule has 3 amide bonds. The number of hydrogen-bond donors (Lipinski definition) is 1. The summed E-state index contributed by atoms with van der Waals surface area (Å²) in [5.74, 6) is -0.906. The van der Waals surface area contributed by atoms with E-state index in [0.29, 0.717) is 19.5 Å². The predicted octanol–water partition coefficient (Wildman–Crippen LogP) is -1.76. The largest absolute Gasteiger partial charge is 0.339 e. The lowest BCUT2D eigenvalue weighted by Gasteiger charge is -2.34. The van der Waals surface area contributed by atoms with Crippen LogP contribution >= 0.6 is 0 Å². The zero-order valence-corrected chi connectivity index (χ0v) is 11.2. The molecular formula is C12H20N4O3. The number of carbonyl (C=O) groups excluding carboxylic acids is 3. The van der Waals surface area contributed by atoms with E-state index >= 15 is 0 Å². The van der Waals surface area contributed by atoms with Gasteiger partial charge in [-0.2, -0.15) is 0 Å². The van der Waals surface area contributed by atoms with E-state index in [0.717, 1.165) is 18.0 Å². The van der Waals surface area contributed by atoms with Crippen molar-refractivity contribution in [2.75, 3.05) is 39.8 Å². The molecule has 2 aliphatic heterocycles. The molecule has 0 spiro atoms. The number of likely N-dealkylation sites (tertiary alicyclic amines) is 1. The molecule has 7 nitrogen and oxygen atoms in total. The van der Waals surface area contributed by atoms with Crippen LogP contribution in [0, 0.1) is 0 Å². The molecule has 0 aromatic carbocycles. The molecule has 1 atom stereocenters. The zero-order chi connectivity index (χ0) is 14.0. The van der Waals surface area contributed by atoms with Gasteiger partial charge in [0.1, 0.15) is 6.54 Å². The first kappa shape index (κ1) is 14.0. The summed E-state index contributed by atoms with van der Waals surface area (Å²) in [6, 6.07) is -0.655. The summed E-state index contributed by atoms with van der Waals surface area (Å²) in [6.07, 6.45) is 0.611. The van der Waals surface area contributed by atoms with Gasteiger partial charge in [0.25, 0.3) is 0 Å². The number of nitrogens with zero attached hydrogens (tertiary/aromatic N) is 3. The van der Waals surface area contributed by atoms with Gasteiger partial charge in [-0.05, 0) is 13.5 Å². The van der Waals surface area contributed by atoms with Gasteiger partial charge in [0.05, 0.1) is 6.04 Å². The van der Waals surface area contributed by atoms with Gasteiger partial charge in [-0.3, -0.25) is 19.3 Å². The maximum Gasteiger partial charge on any atom is 0.246 e. The van der Waals surface area contributed by atoms with Gasteiger partial charge in [0.15, 0.2) is 0 Å². The molecule has 0 aromatic rings. The van der Waals surface area contributed by atoms with Crippen molar-refractivity contribution in [3.63, 3.8) is 0 Å². The highest BCUT2D eigenvalue weighted by atomic mass is 16.2. The van der Waals surface area contributed by atoms with Gasteiger partial charge >= 0.3 is 0 Å². The molecule has 2 fully saturated rings. The Balaban J connectivity index is 1.94. The second-order valence-corrected chi connectivity index (χ2v) is 5.15. The number of nitrogens with two attached hydrogens (primary N) is 1. The van der Waals surface area contributed by atoms with Crippen LogP contribution in [0.5, 0.6) is 0 Å². The number of rotatable bonds is 2. The molecule has 106 valence electrons. The Kier molecular flexibility index (Phi) is 4.16. The fraction of sp³-hybridized carbons (Fsp3) is 0.750. The molecule has 0 saturated carbocycles. The van der Waals surface area contributed by atoms with Crippen molar-refractivity contribution in [2.45, 2.75) is 18.9 Å². The second kappa shape index (κ2) is 5.66. The minimum absolute atomic E-state index is 0.172. The monoisotopic (exact) mass is 268 g/mol. The average molecular weight is 268 g/mol. The molecule has 2 N–H and O–H groups in total. The van der Waals surface area contributed by atoms with Crippen molar-refractivity contribution in [1.82, 2.24) is 14.7 Å². The smallest absolute Gasteiger partial charge is 0.246 e. The third kappa shape index (κ3) is 3.10. The second-order valence-electron chi connectivity index (χ2n) is 5.15. The van der Waals surface area contributed by atoms with E-state index in [-0.39, 0.29) is 24.8 Å². The van der Waals surface area contributed by atoms with E-state index in [9.17, 15) is 14.4 Å². The Morgan fingerprint density at radius 3 is 2.53 bits per heavy atom. The first-order chi connectivity index (χ1) is 8.99. The molecule has 0 aromatic heterocycles. The van der Waals surface area contributed by atoms with Crippen molar-refractivity contribution in [3.8, 4) is 0 Å². The number of imide groups is 1. The van der Waals surface area contributed by atoms with Gasteiger partial charge in [0.2, 0.25) is 17.7 Å². The van der Waals surface area contributed by atoms with Gasteiger partial charge in [-0.25, -0.2) is 0 Å². The highest BCUT2D eigenvalue weighted by molar-refractivity contribution is 6.03. The van der Waals surface area contributed by atoms with E-state index in [1.165, 1.54) is 0 Å². The first-order valence-corrected chi connectivity index (χ1v) is 6.55. The highest BCUT2D eigenvalue weighted by Crippen LogP contribution is 2.12. The Bertz CT molecular complexity index is 390. The summed E-state index contributed by atoms with van der Waals surface area (Å²) in [5, 5.41) is 0. The van der Waals surface area contributed by atoms with Crippen LogP contribution in [0.15, 0.2) is 0 Å². The predicted molar refractivity (Wildman–Crippen MR) is 68.0 cm³/mol. The molecule has 2 heterocycles. The topological polar surface area (TPSA) is 86.9 Å². The molecule has 19 heavy (non-hydrogen) atoms. The van der Waals surface area contributed by atoms with Crippen LogP contribution in [0.3, 0.4) is 0 Å². The number of piperazine rings is 1. The molecule has 1 unspecified atom stereocenters. The third-order valence-electron chi connectivity index (χ3n) is 3.70. The SMILES string of the molecule is CN1CCN(C(=O)CN2C(=O)CCC(N)C2=O)CC1. The minimum Gasteiger partial charge on any atom is -0.339 e. The van der Waals surface area contributed by atoms with Gasteiger partial charge in [0, 0.05) is 32.6 Å². The average Bonchev–Trinajstić information content (AvgIpc) is 2.40. The van der Waals surface area contributed by atoms with Crippen LogP contribution < -0.4 is 5.73 Å². The molecular weight excluding hydrogens is 248 g/mol. The standard InChI is InChI=1S/C12H20N4O3/c1-14-4-6-15(7-5-14)11(18)8-16-10(17)3-2-9(13)12(16)19/h9H,2-8,13H2,1H3. The van der Waals surface area contributed by atoms with Crippen molar-refractivity contribution >= 4 is 17.7 Å². The van der Waals surface area contributed by atoms with Crippen LogP contribution in [0.2, 0.25) is 0 Å². The Labute approximate surface area is 112 Å². The number of carbonyl (C=O) groups is 3. The maximum absolute atomic E-state index is 12.1. The van der Waals surface area contributed by atoms with Crippen LogP contribution in [-0.2, 0) is 14.4 Å². The van der Waals surface area contributed by atoms with Crippen LogP contribution in [-0.4, -0.2) is 78.2 Å². The van der Waals surface area contributed by atoms with Crippen molar-refractivity contribution in [1.29, 1.82) is 0 Å². The Morgan fingerprint density at radius 1 is 1.26 bits per heavy atom. The summed E-state index contributed by atoms with van der Waals surface area (Å²) in [4.78, 5) is 40.4. The molecule has 2 saturated heterocycles.